The number of alkyl halides is 3. The Labute approximate surface area is 104 Å². The summed E-state index contributed by atoms with van der Waals surface area (Å²) >= 11 is 0. The summed E-state index contributed by atoms with van der Waals surface area (Å²) in [5.41, 5.74) is 4.07. The molecule has 8 heteroatoms. The SMILES string of the molecule is Nc1ccc(Oc2ccc(C(F)(F)F)nn2)cc1F. The van der Waals surface area contributed by atoms with Crippen LogP contribution in [0.3, 0.4) is 0 Å². The molecule has 1 heterocycles. The molecule has 100 valence electrons. The van der Waals surface area contributed by atoms with Crippen LogP contribution in [-0.4, -0.2) is 10.2 Å². The minimum Gasteiger partial charge on any atom is -0.437 e. The number of rotatable bonds is 2. The molecule has 19 heavy (non-hydrogen) atoms. The van der Waals surface area contributed by atoms with Crippen LogP contribution in [0.15, 0.2) is 30.3 Å². The second-order valence-electron chi connectivity index (χ2n) is 3.54. The lowest BCUT2D eigenvalue weighted by Gasteiger charge is -2.07. The summed E-state index contributed by atoms with van der Waals surface area (Å²) in [6, 6.07) is 5.33. The van der Waals surface area contributed by atoms with Gasteiger partial charge in [0.1, 0.15) is 11.6 Å². The molecule has 2 aromatic rings. The van der Waals surface area contributed by atoms with Crippen molar-refractivity contribution >= 4 is 5.69 Å². The number of nitrogens with two attached hydrogens (primary N) is 1. The maximum absolute atomic E-state index is 13.1. The van der Waals surface area contributed by atoms with Gasteiger partial charge < -0.3 is 10.5 Å². The van der Waals surface area contributed by atoms with Gasteiger partial charge in [0.05, 0.1) is 5.69 Å². The van der Waals surface area contributed by atoms with Crippen LogP contribution in [0.2, 0.25) is 0 Å². The fourth-order valence-electron chi connectivity index (χ4n) is 1.22. The molecule has 0 aliphatic heterocycles. The van der Waals surface area contributed by atoms with Crippen molar-refractivity contribution in [3.8, 4) is 11.6 Å². The van der Waals surface area contributed by atoms with Gasteiger partial charge in [-0.15, -0.1) is 10.2 Å². The van der Waals surface area contributed by atoms with Crippen LogP contribution in [0.4, 0.5) is 23.2 Å². The molecule has 0 spiro atoms. The third kappa shape index (κ3) is 3.09. The highest BCUT2D eigenvalue weighted by molar-refractivity contribution is 5.44. The topological polar surface area (TPSA) is 61.0 Å². The fraction of sp³-hybridized carbons (Fsp3) is 0.0909. The molecule has 0 saturated heterocycles. The van der Waals surface area contributed by atoms with E-state index in [0.29, 0.717) is 0 Å². The van der Waals surface area contributed by atoms with E-state index in [4.69, 9.17) is 10.5 Å². The van der Waals surface area contributed by atoms with E-state index >= 15 is 0 Å². The van der Waals surface area contributed by atoms with Crippen LogP contribution < -0.4 is 10.5 Å². The molecule has 2 N–H and O–H groups in total. The summed E-state index contributed by atoms with van der Waals surface area (Å²) in [6.07, 6.45) is -4.57. The molecule has 2 rings (SSSR count). The van der Waals surface area contributed by atoms with Crippen LogP contribution in [0.1, 0.15) is 5.69 Å². The van der Waals surface area contributed by atoms with E-state index in [1.165, 1.54) is 12.1 Å². The van der Waals surface area contributed by atoms with Crippen molar-refractivity contribution < 1.29 is 22.3 Å². The van der Waals surface area contributed by atoms with Gasteiger partial charge in [-0.25, -0.2) is 4.39 Å². The summed E-state index contributed by atoms with van der Waals surface area (Å²) in [5, 5.41) is 6.21. The predicted molar refractivity (Wildman–Crippen MR) is 57.9 cm³/mol. The number of anilines is 1. The second kappa shape index (κ2) is 4.71. The number of aromatic nitrogens is 2. The van der Waals surface area contributed by atoms with Crippen LogP contribution in [0, 0.1) is 5.82 Å². The summed E-state index contributed by atoms with van der Waals surface area (Å²) in [7, 11) is 0. The largest absolute Gasteiger partial charge is 0.437 e. The average Bonchev–Trinajstić information content (AvgIpc) is 2.33. The number of nitrogen functional groups attached to an aromatic ring is 1. The first-order valence-electron chi connectivity index (χ1n) is 5.00. The number of benzene rings is 1. The minimum absolute atomic E-state index is 0.0563. The van der Waals surface area contributed by atoms with E-state index in [1.807, 2.05) is 0 Å². The first kappa shape index (κ1) is 13.1. The molecule has 0 saturated carbocycles. The van der Waals surface area contributed by atoms with Crippen LogP contribution in [0.25, 0.3) is 0 Å². The fourth-order valence-corrected chi connectivity index (χ4v) is 1.22. The number of halogens is 4. The van der Waals surface area contributed by atoms with E-state index in [2.05, 4.69) is 10.2 Å². The van der Waals surface area contributed by atoms with Gasteiger partial charge in [-0.3, -0.25) is 0 Å². The molecular weight excluding hydrogens is 266 g/mol. The Balaban J connectivity index is 2.17. The number of nitrogens with zero attached hydrogens (tertiary/aromatic N) is 2. The molecule has 0 fully saturated rings. The molecule has 0 unspecified atom stereocenters. The highest BCUT2D eigenvalue weighted by Gasteiger charge is 2.32. The van der Waals surface area contributed by atoms with Crippen molar-refractivity contribution in [2.24, 2.45) is 0 Å². The first-order chi connectivity index (χ1) is 8.86. The minimum atomic E-state index is -4.57. The lowest BCUT2D eigenvalue weighted by molar-refractivity contribution is -0.141. The van der Waals surface area contributed by atoms with Gasteiger partial charge in [0.2, 0.25) is 5.88 Å². The van der Waals surface area contributed by atoms with Crippen molar-refractivity contribution in [2.45, 2.75) is 6.18 Å². The number of ether oxygens (including phenoxy) is 1. The summed E-state index contributed by atoms with van der Waals surface area (Å²) in [5.74, 6) is -0.824. The standard InChI is InChI=1S/C11H7F4N3O/c12-7-5-6(1-2-8(7)16)19-10-4-3-9(17-18-10)11(13,14)15/h1-5H,16H2. The Kier molecular flexibility index (Phi) is 3.24. The Bertz CT molecular complexity index is 583. The summed E-state index contributed by atoms with van der Waals surface area (Å²) in [6.45, 7) is 0. The summed E-state index contributed by atoms with van der Waals surface area (Å²) < 4.78 is 54.9. The highest BCUT2D eigenvalue weighted by atomic mass is 19.4. The summed E-state index contributed by atoms with van der Waals surface area (Å²) in [4.78, 5) is 0. The van der Waals surface area contributed by atoms with Gasteiger partial charge in [-0.1, -0.05) is 0 Å². The van der Waals surface area contributed by atoms with Crippen LogP contribution in [-0.2, 0) is 6.18 Å². The van der Waals surface area contributed by atoms with Gasteiger partial charge in [0, 0.05) is 12.1 Å². The van der Waals surface area contributed by atoms with Crippen LogP contribution >= 0.6 is 0 Å². The van der Waals surface area contributed by atoms with E-state index in [1.54, 1.807) is 0 Å². The number of hydrogen-bond acceptors (Lipinski definition) is 4. The van der Waals surface area contributed by atoms with Crippen molar-refractivity contribution in [1.82, 2.24) is 10.2 Å². The molecule has 0 atom stereocenters. The highest BCUT2D eigenvalue weighted by Crippen LogP contribution is 2.28. The monoisotopic (exact) mass is 273 g/mol. The average molecular weight is 273 g/mol. The molecule has 0 aliphatic rings. The molecule has 4 nitrogen and oxygen atoms in total. The molecule has 1 aromatic carbocycles. The maximum Gasteiger partial charge on any atom is 0.435 e. The lowest BCUT2D eigenvalue weighted by atomic mass is 10.3. The molecular formula is C11H7F4N3O. The van der Waals surface area contributed by atoms with Gasteiger partial charge in [-0.2, -0.15) is 13.2 Å². The number of hydrogen-bond donors (Lipinski definition) is 1. The Morgan fingerprint density at radius 3 is 2.32 bits per heavy atom. The van der Waals surface area contributed by atoms with Crippen molar-refractivity contribution in [3.63, 3.8) is 0 Å². The van der Waals surface area contributed by atoms with Gasteiger partial charge >= 0.3 is 6.18 Å². The Morgan fingerprint density at radius 1 is 1.05 bits per heavy atom. The van der Waals surface area contributed by atoms with Crippen molar-refractivity contribution in [3.05, 3.63) is 41.8 Å². The zero-order valence-corrected chi connectivity index (χ0v) is 9.28. The molecule has 0 aliphatic carbocycles. The third-order valence-corrected chi connectivity index (χ3v) is 2.12. The van der Waals surface area contributed by atoms with E-state index < -0.39 is 17.7 Å². The molecule has 0 amide bonds. The lowest BCUT2D eigenvalue weighted by Crippen LogP contribution is -2.08. The van der Waals surface area contributed by atoms with Gasteiger partial charge in [0.25, 0.3) is 0 Å². The first-order valence-corrected chi connectivity index (χ1v) is 5.00. The quantitative estimate of drug-likeness (QED) is 0.675. The van der Waals surface area contributed by atoms with Gasteiger partial charge in [-0.05, 0) is 18.2 Å². The smallest absolute Gasteiger partial charge is 0.435 e. The Morgan fingerprint density at radius 2 is 1.79 bits per heavy atom. The van der Waals surface area contributed by atoms with E-state index in [-0.39, 0.29) is 17.3 Å². The third-order valence-electron chi connectivity index (χ3n) is 2.12. The van der Waals surface area contributed by atoms with Crippen molar-refractivity contribution in [2.75, 3.05) is 5.73 Å². The second-order valence-corrected chi connectivity index (χ2v) is 3.54. The van der Waals surface area contributed by atoms with E-state index in [9.17, 15) is 17.6 Å². The predicted octanol–water partition coefficient (Wildman–Crippen LogP) is 3.01. The normalized spacial score (nSPS) is 11.4. The van der Waals surface area contributed by atoms with Crippen LogP contribution in [0.5, 0.6) is 11.6 Å². The zero-order chi connectivity index (χ0) is 14.0. The molecule has 1 aromatic heterocycles. The van der Waals surface area contributed by atoms with Crippen molar-refractivity contribution in [1.29, 1.82) is 0 Å². The maximum atomic E-state index is 13.1. The Hall–Kier alpha value is -2.38. The molecule has 0 radical (unpaired) electrons. The zero-order valence-electron chi connectivity index (χ0n) is 9.28. The van der Waals surface area contributed by atoms with Gasteiger partial charge in [0.15, 0.2) is 5.69 Å². The molecule has 0 bridgehead atoms. The van der Waals surface area contributed by atoms with E-state index in [0.717, 1.165) is 18.2 Å².